The Kier molecular flexibility index (Phi) is 6.69. The minimum Gasteiger partial charge on any atom is -0.379 e. The standard InChI is InChI=1S/C17H25N3O4/c1-13(2)10-16(19-6-8-24-9-7-19)12-18-17(21)14-4-3-5-15(11-14)20(22)23/h3-5,11,13,16H,6-10,12H2,1-2H3,(H,18,21). The number of morpholine rings is 1. The molecule has 1 fully saturated rings. The third-order valence-electron chi connectivity index (χ3n) is 4.12. The highest BCUT2D eigenvalue weighted by molar-refractivity contribution is 5.94. The van der Waals surface area contributed by atoms with E-state index in [4.69, 9.17) is 4.74 Å². The molecule has 1 aliphatic rings. The quantitative estimate of drug-likeness (QED) is 0.609. The molecule has 1 heterocycles. The maximum Gasteiger partial charge on any atom is 0.270 e. The summed E-state index contributed by atoms with van der Waals surface area (Å²) in [5.41, 5.74) is 0.240. The topological polar surface area (TPSA) is 84.7 Å². The first-order chi connectivity index (χ1) is 11.5. The highest BCUT2D eigenvalue weighted by atomic mass is 16.6. The second-order valence-corrected chi connectivity index (χ2v) is 6.45. The fraction of sp³-hybridized carbons (Fsp3) is 0.588. The Labute approximate surface area is 142 Å². The van der Waals surface area contributed by atoms with Crippen molar-refractivity contribution >= 4 is 11.6 Å². The van der Waals surface area contributed by atoms with Gasteiger partial charge in [-0.05, 0) is 18.4 Å². The Balaban J connectivity index is 1.98. The van der Waals surface area contributed by atoms with E-state index in [9.17, 15) is 14.9 Å². The molecular formula is C17H25N3O4. The zero-order chi connectivity index (χ0) is 17.5. The predicted molar refractivity (Wildman–Crippen MR) is 91.1 cm³/mol. The van der Waals surface area contributed by atoms with E-state index in [-0.39, 0.29) is 17.6 Å². The van der Waals surface area contributed by atoms with Crippen LogP contribution in [0.4, 0.5) is 5.69 Å². The van der Waals surface area contributed by atoms with E-state index in [1.54, 1.807) is 6.07 Å². The zero-order valence-electron chi connectivity index (χ0n) is 14.2. The highest BCUT2D eigenvalue weighted by Gasteiger charge is 2.23. The first-order valence-electron chi connectivity index (χ1n) is 8.32. The number of benzene rings is 1. The van der Waals surface area contributed by atoms with Gasteiger partial charge in [0, 0.05) is 43.4 Å². The molecule has 7 heteroatoms. The summed E-state index contributed by atoms with van der Waals surface area (Å²) < 4.78 is 5.39. The maximum atomic E-state index is 12.3. The van der Waals surface area contributed by atoms with Crippen molar-refractivity contribution in [2.45, 2.75) is 26.3 Å². The van der Waals surface area contributed by atoms with Crippen LogP contribution in [0.3, 0.4) is 0 Å². The number of non-ortho nitro benzene ring substituents is 1. The van der Waals surface area contributed by atoms with Crippen molar-refractivity contribution in [2.24, 2.45) is 5.92 Å². The Morgan fingerprint density at radius 2 is 2.08 bits per heavy atom. The Bertz CT molecular complexity index is 571. The van der Waals surface area contributed by atoms with Crippen LogP contribution in [0.15, 0.2) is 24.3 Å². The fourth-order valence-electron chi connectivity index (χ4n) is 2.92. The van der Waals surface area contributed by atoms with Crippen LogP contribution in [-0.4, -0.2) is 54.6 Å². The second-order valence-electron chi connectivity index (χ2n) is 6.45. The molecule has 2 rings (SSSR count). The van der Waals surface area contributed by atoms with E-state index in [0.29, 0.717) is 31.2 Å². The molecule has 1 N–H and O–H groups in total. The molecule has 1 atom stereocenters. The molecule has 0 bridgehead atoms. The molecule has 1 saturated heterocycles. The van der Waals surface area contributed by atoms with Gasteiger partial charge in [0.2, 0.25) is 0 Å². The summed E-state index contributed by atoms with van der Waals surface area (Å²) in [4.78, 5) is 25.0. The Hall–Kier alpha value is -1.99. The number of nitro groups is 1. The number of carbonyl (C=O) groups excluding carboxylic acids is 1. The van der Waals surface area contributed by atoms with Gasteiger partial charge in [-0.2, -0.15) is 0 Å². The largest absolute Gasteiger partial charge is 0.379 e. The van der Waals surface area contributed by atoms with Crippen molar-refractivity contribution in [2.75, 3.05) is 32.8 Å². The van der Waals surface area contributed by atoms with Crippen LogP contribution in [0.1, 0.15) is 30.6 Å². The summed E-state index contributed by atoms with van der Waals surface area (Å²) >= 11 is 0. The van der Waals surface area contributed by atoms with Crippen molar-refractivity contribution < 1.29 is 14.5 Å². The molecule has 1 aromatic carbocycles. The summed E-state index contributed by atoms with van der Waals surface area (Å²) in [7, 11) is 0. The van der Waals surface area contributed by atoms with Gasteiger partial charge in [-0.15, -0.1) is 0 Å². The number of rotatable bonds is 7. The molecule has 0 radical (unpaired) electrons. The molecule has 1 unspecified atom stereocenters. The summed E-state index contributed by atoms with van der Waals surface area (Å²) in [6.07, 6.45) is 0.981. The summed E-state index contributed by atoms with van der Waals surface area (Å²) in [5, 5.41) is 13.7. The Morgan fingerprint density at radius 3 is 2.71 bits per heavy atom. The molecule has 0 spiro atoms. The molecular weight excluding hydrogens is 310 g/mol. The number of amides is 1. The van der Waals surface area contributed by atoms with E-state index in [0.717, 1.165) is 19.5 Å². The van der Waals surface area contributed by atoms with Crippen molar-refractivity contribution in [1.82, 2.24) is 10.2 Å². The van der Waals surface area contributed by atoms with Gasteiger partial charge in [-0.3, -0.25) is 19.8 Å². The van der Waals surface area contributed by atoms with E-state index in [2.05, 4.69) is 24.1 Å². The third kappa shape index (κ3) is 5.28. The third-order valence-corrected chi connectivity index (χ3v) is 4.12. The first-order valence-corrected chi connectivity index (χ1v) is 8.32. The van der Waals surface area contributed by atoms with Crippen LogP contribution in [0.5, 0.6) is 0 Å². The van der Waals surface area contributed by atoms with E-state index in [1.165, 1.54) is 18.2 Å². The summed E-state index contributed by atoms with van der Waals surface area (Å²) in [6, 6.07) is 6.06. The molecule has 24 heavy (non-hydrogen) atoms. The van der Waals surface area contributed by atoms with E-state index >= 15 is 0 Å². The lowest BCUT2D eigenvalue weighted by atomic mass is 10.0. The normalized spacial score (nSPS) is 16.8. The van der Waals surface area contributed by atoms with Gasteiger partial charge < -0.3 is 10.1 Å². The Morgan fingerprint density at radius 1 is 1.38 bits per heavy atom. The fourth-order valence-corrected chi connectivity index (χ4v) is 2.92. The van der Waals surface area contributed by atoms with Crippen molar-refractivity contribution in [3.63, 3.8) is 0 Å². The molecule has 7 nitrogen and oxygen atoms in total. The molecule has 1 aliphatic heterocycles. The van der Waals surface area contributed by atoms with Crippen molar-refractivity contribution in [3.8, 4) is 0 Å². The molecule has 0 aliphatic carbocycles. The molecule has 132 valence electrons. The van der Waals surface area contributed by atoms with Gasteiger partial charge in [0.15, 0.2) is 0 Å². The lowest BCUT2D eigenvalue weighted by Crippen LogP contribution is -2.49. The smallest absolute Gasteiger partial charge is 0.270 e. The van der Waals surface area contributed by atoms with Crippen LogP contribution in [0.2, 0.25) is 0 Å². The average Bonchev–Trinajstić information content (AvgIpc) is 2.58. The van der Waals surface area contributed by atoms with E-state index < -0.39 is 4.92 Å². The summed E-state index contributed by atoms with van der Waals surface area (Å²) in [5.74, 6) is 0.244. The number of nitrogens with one attached hydrogen (secondary N) is 1. The molecule has 1 amide bonds. The number of nitro benzene ring substituents is 1. The average molecular weight is 335 g/mol. The monoisotopic (exact) mass is 335 g/mol. The lowest BCUT2D eigenvalue weighted by molar-refractivity contribution is -0.384. The number of hydrogen-bond donors (Lipinski definition) is 1. The van der Waals surface area contributed by atoms with Gasteiger partial charge in [0.25, 0.3) is 11.6 Å². The second kappa shape index (κ2) is 8.75. The van der Waals surface area contributed by atoms with Crippen molar-refractivity contribution in [1.29, 1.82) is 0 Å². The molecule has 1 aromatic rings. The van der Waals surface area contributed by atoms with Gasteiger partial charge >= 0.3 is 0 Å². The predicted octanol–water partition coefficient (Wildman–Crippen LogP) is 2.07. The maximum absolute atomic E-state index is 12.3. The molecule has 0 aromatic heterocycles. The van der Waals surface area contributed by atoms with Crippen LogP contribution in [-0.2, 0) is 4.74 Å². The first kappa shape index (κ1) is 18.4. The van der Waals surface area contributed by atoms with Crippen molar-refractivity contribution in [3.05, 3.63) is 39.9 Å². The van der Waals surface area contributed by atoms with Crippen LogP contribution >= 0.6 is 0 Å². The highest BCUT2D eigenvalue weighted by Crippen LogP contribution is 2.15. The minimum absolute atomic E-state index is 0.0745. The number of hydrogen-bond acceptors (Lipinski definition) is 5. The van der Waals surface area contributed by atoms with Gasteiger partial charge in [-0.1, -0.05) is 19.9 Å². The zero-order valence-corrected chi connectivity index (χ0v) is 14.2. The van der Waals surface area contributed by atoms with Crippen LogP contribution in [0, 0.1) is 16.0 Å². The minimum atomic E-state index is -0.494. The van der Waals surface area contributed by atoms with Gasteiger partial charge in [-0.25, -0.2) is 0 Å². The number of carbonyl (C=O) groups is 1. The number of ether oxygens (including phenoxy) is 1. The SMILES string of the molecule is CC(C)CC(CNC(=O)c1cccc([N+](=O)[O-])c1)N1CCOCC1. The van der Waals surface area contributed by atoms with Crippen LogP contribution < -0.4 is 5.32 Å². The van der Waals surface area contributed by atoms with E-state index in [1.807, 2.05) is 0 Å². The van der Waals surface area contributed by atoms with Crippen LogP contribution in [0.25, 0.3) is 0 Å². The van der Waals surface area contributed by atoms with Gasteiger partial charge in [0.05, 0.1) is 18.1 Å². The summed E-state index contributed by atoms with van der Waals surface area (Å²) in [6.45, 7) is 8.01. The molecule has 0 saturated carbocycles. The number of nitrogens with zero attached hydrogens (tertiary/aromatic N) is 2. The lowest BCUT2D eigenvalue weighted by Gasteiger charge is -2.35. The van der Waals surface area contributed by atoms with Gasteiger partial charge in [0.1, 0.15) is 0 Å².